The maximum Gasteiger partial charge on any atom is 0.336 e. The number of hydrogen-bond donors (Lipinski definition) is 1. The van der Waals surface area contributed by atoms with E-state index < -0.39 is 11.8 Å². The van der Waals surface area contributed by atoms with E-state index in [0.717, 1.165) is 0 Å². The predicted octanol–water partition coefficient (Wildman–Crippen LogP) is 2.22. The van der Waals surface area contributed by atoms with Gasteiger partial charge in [-0.2, -0.15) is 0 Å². The molecule has 0 spiro atoms. The van der Waals surface area contributed by atoms with Crippen LogP contribution >= 0.6 is 0 Å². The smallest absolute Gasteiger partial charge is 0.336 e. The molecule has 1 aromatic rings. The Bertz CT molecular complexity index is 481. The van der Waals surface area contributed by atoms with E-state index in [1.165, 1.54) is 0 Å². The number of carboxylic acids is 1. The first-order chi connectivity index (χ1) is 8.89. The molecule has 1 aliphatic rings. The average molecular weight is 266 g/mol. The zero-order chi connectivity index (χ0) is 14.0. The van der Waals surface area contributed by atoms with Crippen molar-refractivity contribution >= 4 is 5.97 Å². The topological polar surface area (TPSA) is 65.0 Å². The average Bonchev–Trinajstić information content (AvgIpc) is 2.67. The number of aromatic carboxylic acids is 1. The molecule has 104 valence electrons. The summed E-state index contributed by atoms with van der Waals surface area (Å²) in [6, 6.07) is 4.98. The van der Waals surface area contributed by atoms with Gasteiger partial charge in [-0.1, -0.05) is 6.07 Å². The fraction of sp³-hybridized carbons (Fsp3) is 0.500. The van der Waals surface area contributed by atoms with E-state index in [1.54, 1.807) is 25.1 Å². The summed E-state index contributed by atoms with van der Waals surface area (Å²) < 4.78 is 16.7. The van der Waals surface area contributed by atoms with E-state index in [1.807, 2.05) is 13.8 Å². The fourth-order valence-corrected chi connectivity index (χ4v) is 2.03. The third kappa shape index (κ3) is 3.24. The molecule has 2 rings (SSSR count). The standard InChI is InChI=1S/C14H18O5/c1-9-11(13(15)16)5-4-6-12(9)17-7-10-8-18-14(2,3)19-10/h4-6,10H,7-8H2,1-3H3,(H,15,16)/t10-/m1/s1. The van der Waals surface area contributed by atoms with Crippen molar-refractivity contribution in [3.8, 4) is 5.75 Å². The molecular weight excluding hydrogens is 248 g/mol. The quantitative estimate of drug-likeness (QED) is 0.905. The number of carbonyl (C=O) groups is 1. The first-order valence-electron chi connectivity index (χ1n) is 6.16. The zero-order valence-electron chi connectivity index (χ0n) is 11.3. The van der Waals surface area contributed by atoms with Crippen LogP contribution in [0.1, 0.15) is 29.8 Å². The highest BCUT2D eigenvalue weighted by Crippen LogP contribution is 2.25. The predicted molar refractivity (Wildman–Crippen MR) is 68.5 cm³/mol. The van der Waals surface area contributed by atoms with Crippen molar-refractivity contribution in [3.05, 3.63) is 29.3 Å². The minimum atomic E-state index is -0.954. The van der Waals surface area contributed by atoms with E-state index in [9.17, 15) is 4.79 Å². The molecule has 5 nitrogen and oxygen atoms in total. The molecule has 1 fully saturated rings. The minimum Gasteiger partial charge on any atom is -0.490 e. The van der Waals surface area contributed by atoms with Crippen LogP contribution in [0, 0.1) is 6.92 Å². The molecule has 1 N–H and O–H groups in total. The molecule has 0 amide bonds. The first-order valence-corrected chi connectivity index (χ1v) is 6.16. The van der Waals surface area contributed by atoms with Gasteiger partial charge in [-0.15, -0.1) is 0 Å². The van der Waals surface area contributed by atoms with Crippen LogP contribution in [0.15, 0.2) is 18.2 Å². The molecule has 1 aromatic carbocycles. The summed E-state index contributed by atoms with van der Waals surface area (Å²) >= 11 is 0. The molecule has 1 aliphatic heterocycles. The number of benzene rings is 1. The van der Waals surface area contributed by atoms with Crippen molar-refractivity contribution < 1.29 is 24.1 Å². The van der Waals surface area contributed by atoms with Crippen LogP contribution in [0.25, 0.3) is 0 Å². The van der Waals surface area contributed by atoms with Crippen molar-refractivity contribution in [2.24, 2.45) is 0 Å². The summed E-state index contributed by atoms with van der Waals surface area (Å²) in [6.07, 6.45) is -0.136. The Balaban J connectivity index is 2.01. The molecule has 0 saturated carbocycles. The van der Waals surface area contributed by atoms with Crippen molar-refractivity contribution in [1.29, 1.82) is 0 Å². The van der Waals surface area contributed by atoms with Crippen LogP contribution in [0.5, 0.6) is 5.75 Å². The van der Waals surface area contributed by atoms with E-state index in [0.29, 0.717) is 24.5 Å². The summed E-state index contributed by atoms with van der Waals surface area (Å²) in [7, 11) is 0. The molecule has 5 heteroatoms. The molecule has 0 aliphatic carbocycles. The van der Waals surface area contributed by atoms with Crippen molar-refractivity contribution in [2.45, 2.75) is 32.7 Å². The Morgan fingerprint density at radius 1 is 1.53 bits per heavy atom. The van der Waals surface area contributed by atoms with Gasteiger partial charge in [0.25, 0.3) is 0 Å². The van der Waals surface area contributed by atoms with Crippen molar-refractivity contribution in [3.63, 3.8) is 0 Å². The van der Waals surface area contributed by atoms with Crippen LogP contribution in [0.2, 0.25) is 0 Å². The van der Waals surface area contributed by atoms with Gasteiger partial charge in [0.2, 0.25) is 0 Å². The second-order valence-electron chi connectivity index (χ2n) is 5.00. The molecule has 1 heterocycles. The summed E-state index contributed by atoms with van der Waals surface area (Å²) in [5, 5.41) is 9.04. The summed E-state index contributed by atoms with van der Waals surface area (Å²) in [6.45, 7) is 6.25. The first kappa shape index (κ1) is 13.8. The maximum atomic E-state index is 11.0. The minimum absolute atomic E-state index is 0.136. The molecule has 1 saturated heterocycles. The molecule has 1 atom stereocenters. The maximum absolute atomic E-state index is 11.0. The van der Waals surface area contributed by atoms with Gasteiger partial charge < -0.3 is 19.3 Å². The van der Waals surface area contributed by atoms with Gasteiger partial charge in [0, 0.05) is 5.56 Å². The highest BCUT2D eigenvalue weighted by molar-refractivity contribution is 5.90. The summed E-state index contributed by atoms with van der Waals surface area (Å²) in [5.41, 5.74) is 0.870. The lowest BCUT2D eigenvalue weighted by atomic mass is 10.1. The Hall–Kier alpha value is -1.59. The number of rotatable bonds is 4. The zero-order valence-corrected chi connectivity index (χ0v) is 11.3. The van der Waals surface area contributed by atoms with Gasteiger partial charge in [0.1, 0.15) is 18.5 Å². The van der Waals surface area contributed by atoms with Gasteiger partial charge in [-0.25, -0.2) is 4.79 Å². The largest absolute Gasteiger partial charge is 0.490 e. The van der Waals surface area contributed by atoms with Crippen molar-refractivity contribution in [1.82, 2.24) is 0 Å². The monoisotopic (exact) mass is 266 g/mol. The SMILES string of the molecule is Cc1c(OC[C@@H]2COC(C)(C)O2)cccc1C(=O)O. The lowest BCUT2D eigenvalue weighted by Crippen LogP contribution is -2.25. The van der Waals surface area contributed by atoms with Crippen LogP contribution in [0.4, 0.5) is 0 Å². The summed E-state index contributed by atoms with van der Waals surface area (Å²) in [4.78, 5) is 11.0. The Labute approximate surface area is 112 Å². The van der Waals surface area contributed by atoms with Gasteiger partial charge in [0.05, 0.1) is 12.2 Å². The van der Waals surface area contributed by atoms with Crippen LogP contribution in [-0.4, -0.2) is 36.2 Å². The van der Waals surface area contributed by atoms with Crippen LogP contribution in [-0.2, 0) is 9.47 Å². The van der Waals surface area contributed by atoms with Crippen molar-refractivity contribution in [2.75, 3.05) is 13.2 Å². The lowest BCUT2D eigenvalue weighted by Gasteiger charge is -2.18. The number of ether oxygens (including phenoxy) is 3. The molecule has 19 heavy (non-hydrogen) atoms. The number of carboxylic acid groups (broad SMARTS) is 1. The third-order valence-corrected chi connectivity index (χ3v) is 3.01. The van der Waals surface area contributed by atoms with E-state index in [4.69, 9.17) is 19.3 Å². The Kier molecular flexibility index (Phi) is 3.78. The molecular formula is C14H18O5. The Morgan fingerprint density at radius 3 is 2.84 bits per heavy atom. The molecule has 0 aromatic heterocycles. The van der Waals surface area contributed by atoms with E-state index in [2.05, 4.69) is 0 Å². The Morgan fingerprint density at radius 2 is 2.26 bits per heavy atom. The normalized spacial score (nSPS) is 21.3. The summed E-state index contributed by atoms with van der Waals surface area (Å²) in [5.74, 6) is -0.968. The van der Waals surface area contributed by atoms with Gasteiger partial charge in [0.15, 0.2) is 5.79 Å². The molecule has 0 radical (unpaired) electrons. The number of hydrogen-bond acceptors (Lipinski definition) is 4. The third-order valence-electron chi connectivity index (χ3n) is 3.01. The van der Waals surface area contributed by atoms with Gasteiger partial charge in [-0.05, 0) is 32.9 Å². The lowest BCUT2D eigenvalue weighted by molar-refractivity contribution is -0.141. The highest BCUT2D eigenvalue weighted by Gasteiger charge is 2.33. The van der Waals surface area contributed by atoms with E-state index in [-0.39, 0.29) is 11.7 Å². The molecule has 0 bridgehead atoms. The molecule has 0 unspecified atom stereocenters. The van der Waals surface area contributed by atoms with Crippen LogP contribution < -0.4 is 4.74 Å². The van der Waals surface area contributed by atoms with Gasteiger partial charge in [-0.3, -0.25) is 0 Å². The van der Waals surface area contributed by atoms with E-state index >= 15 is 0 Å². The highest BCUT2D eigenvalue weighted by atomic mass is 16.7. The fourth-order valence-electron chi connectivity index (χ4n) is 2.03. The van der Waals surface area contributed by atoms with Crippen LogP contribution in [0.3, 0.4) is 0 Å². The van der Waals surface area contributed by atoms with Gasteiger partial charge >= 0.3 is 5.97 Å². The second-order valence-corrected chi connectivity index (χ2v) is 5.00. The second kappa shape index (κ2) is 5.19.